The molecule has 1 aromatic carbocycles. The van der Waals surface area contributed by atoms with E-state index in [1.54, 1.807) is 26.1 Å². The van der Waals surface area contributed by atoms with E-state index in [0.29, 0.717) is 35.1 Å². The Kier molecular flexibility index (Phi) is 8.66. The van der Waals surface area contributed by atoms with E-state index in [0.717, 1.165) is 19.3 Å². The molecule has 1 aromatic heterocycles. The molecule has 0 atom stereocenters. The fraction of sp³-hybridized carbons (Fsp3) is 0.591. The summed E-state index contributed by atoms with van der Waals surface area (Å²) < 4.78 is 58.8. The first-order chi connectivity index (χ1) is 14.8. The van der Waals surface area contributed by atoms with Crippen LogP contribution in [0.4, 0.5) is 0 Å². The lowest BCUT2D eigenvalue weighted by molar-refractivity contribution is -0.869. The van der Waals surface area contributed by atoms with Gasteiger partial charge < -0.3 is 8.67 Å². The number of hydrogen-bond acceptors (Lipinski definition) is 6. The molecule has 0 fully saturated rings. The molecule has 32 heavy (non-hydrogen) atoms. The quantitative estimate of drug-likeness (QED) is 0.260. The zero-order valence-electron chi connectivity index (χ0n) is 20.0. The van der Waals surface area contributed by atoms with Crippen LogP contribution in [0, 0.1) is 6.92 Å². The molecule has 0 bridgehead atoms. The predicted molar refractivity (Wildman–Crippen MR) is 128 cm³/mol. The van der Waals surface area contributed by atoms with E-state index in [-0.39, 0.29) is 21.9 Å². The van der Waals surface area contributed by atoms with Crippen molar-refractivity contribution in [2.45, 2.75) is 44.4 Å². The first kappa shape index (κ1) is 26.5. The topological polar surface area (TPSA) is 93.6 Å². The smallest absolute Gasteiger partial charge is 0.309 e. The van der Waals surface area contributed by atoms with Crippen molar-refractivity contribution >= 4 is 31.0 Å². The molecule has 0 radical (unpaired) electrons. The average Bonchev–Trinajstić information content (AvgIpc) is 2.68. The highest BCUT2D eigenvalue weighted by Crippen LogP contribution is 2.32. The van der Waals surface area contributed by atoms with Gasteiger partial charge in [0.1, 0.15) is 5.52 Å². The molecule has 0 amide bonds. The van der Waals surface area contributed by atoms with Gasteiger partial charge in [-0.2, -0.15) is 12.7 Å². The molecule has 0 unspecified atom stereocenters. The number of benzene rings is 1. The van der Waals surface area contributed by atoms with Crippen molar-refractivity contribution < 1.29 is 25.5 Å². The minimum atomic E-state index is -3.81. The molecule has 0 saturated heterocycles. The van der Waals surface area contributed by atoms with E-state index >= 15 is 0 Å². The van der Waals surface area contributed by atoms with E-state index in [1.165, 1.54) is 16.4 Å². The summed E-state index contributed by atoms with van der Waals surface area (Å²) in [7, 11) is -0.0770. The van der Waals surface area contributed by atoms with Gasteiger partial charge in [-0.3, -0.25) is 0 Å². The molecular formula is C22H36N3O5S2+. The number of hydrogen-bond donors (Lipinski definition) is 0. The molecule has 0 aliphatic heterocycles. The van der Waals surface area contributed by atoms with Crippen LogP contribution in [0.25, 0.3) is 10.9 Å². The van der Waals surface area contributed by atoms with Gasteiger partial charge >= 0.3 is 10.1 Å². The van der Waals surface area contributed by atoms with Crippen molar-refractivity contribution in [3.63, 3.8) is 0 Å². The zero-order valence-corrected chi connectivity index (χ0v) is 21.6. The number of likely N-dealkylation sites (N-methyl/N-ethyl adjacent to an activating group) is 2. The van der Waals surface area contributed by atoms with Gasteiger partial charge in [0.2, 0.25) is 10.0 Å². The van der Waals surface area contributed by atoms with Gasteiger partial charge in [0.05, 0.1) is 44.9 Å². The highest BCUT2D eigenvalue weighted by atomic mass is 32.2. The zero-order chi connectivity index (χ0) is 24.2. The number of fused-ring (bicyclic) bond motifs is 1. The minimum Gasteiger partial charge on any atom is -0.380 e. The molecule has 180 valence electrons. The normalized spacial score (nSPS) is 13.1. The lowest BCUT2D eigenvalue weighted by Crippen LogP contribution is -2.42. The van der Waals surface area contributed by atoms with Crippen LogP contribution in [0.1, 0.15) is 38.3 Å². The van der Waals surface area contributed by atoms with Gasteiger partial charge in [-0.1, -0.05) is 26.2 Å². The molecular weight excluding hydrogens is 450 g/mol. The standard InChI is InChI=1S/C22H36N3O5S2/c1-7-8-9-10-17-31(26,27)30-20-13-14-21(19-12-11-18(2)23-22(19)20)32(28,29)24(3)15-16-25(4,5)6/h11-14H,7-10,15-17H2,1-6H3/q+1. The first-order valence-corrected chi connectivity index (χ1v) is 13.9. The molecule has 2 aromatic rings. The van der Waals surface area contributed by atoms with E-state index in [9.17, 15) is 16.8 Å². The van der Waals surface area contributed by atoms with Crippen LogP contribution >= 0.6 is 0 Å². The second-order valence-electron chi connectivity index (χ2n) is 9.16. The van der Waals surface area contributed by atoms with Gasteiger partial charge in [-0.05, 0) is 37.6 Å². The van der Waals surface area contributed by atoms with Crippen LogP contribution in [0.2, 0.25) is 0 Å². The van der Waals surface area contributed by atoms with E-state index in [1.807, 2.05) is 21.1 Å². The molecule has 1 heterocycles. The summed E-state index contributed by atoms with van der Waals surface area (Å²) in [5.41, 5.74) is 0.860. The lowest BCUT2D eigenvalue weighted by Gasteiger charge is -2.27. The third-order valence-corrected chi connectivity index (χ3v) is 8.30. The summed E-state index contributed by atoms with van der Waals surface area (Å²) in [6.45, 7) is 4.80. The molecule has 10 heteroatoms. The fourth-order valence-corrected chi connectivity index (χ4v) is 5.56. The number of sulfonamides is 1. The van der Waals surface area contributed by atoms with Gasteiger partial charge in [0, 0.05) is 18.1 Å². The number of quaternary nitrogens is 1. The van der Waals surface area contributed by atoms with E-state index in [2.05, 4.69) is 11.9 Å². The second kappa shape index (κ2) is 10.5. The summed E-state index contributed by atoms with van der Waals surface area (Å²) in [5, 5.41) is 0.339. The van der Waals surface area contributed by atoms with Gasteiger partial charge in [-0.15, -0.1) is 0 Å². The van der Waals surface area contributed by atoms with Crippen molar-refractivity contribution in [1.29, 1.82) is 0 Å². The maximum absolute atomic E-state index is 13.3. The van der Waals surface area contributed by atoms with Crippen molar-refractivity contribution in [2.24, 2.45) is 0 Å². The highest BCUT2D eigenvalue weighted by molar-refractivity contribution is 7.89. The molecule has 8 nitrogen and oxygen atoms in total. The van der Waals surface area contributed by atoms with Crippen molar-refractivity contribution in [3.8, 4) is 5.75 Å². The van der Waals surface area contributed by atoms with Crippen LogP contribution in [0.5, 0.6) is 5.75 Å². The van der Waals surface area contributed by atoms with Gasteiger partial charge in [0.25, 0.3) is 0 Å². The van der Waals surface area contributed by atoms with Crippen LogP contribution in [-0.4, -0.2) is 77.6 Å². The van der Waals surface area contributed by atoms with E-state index < -0.39 is 20.1 Å². The molecule has 0 N–H and O–H groups in total. The summed E-state index contributed by atoms with van der Waals surface area (Å²) in [6.07, 6.45) is 3.30. The van der Waals surface area contributed by atoms with Gasteiger partial charge in [0.15, 0.2) is 5.75 Å². The molecule has 0 aliphatic carbocycles. The number of nitrogens with zero attached hydrogens (tertiary/aromatic N) is 3. The highest BCUT2D eigenvalue weighted by Gasteiger charge is 2.27. The van der Waals surface area contributed by atoms with Crippen LogP contribution in [-0.2, 0) is 20.1 Å². The van der Waals surface area contributed by atoms with Gasteiger partial charge in [-0.25, -0.2) is 13.4 Å². The maximum atomic E-state index is 13.3. The van der Waals surface area contributed by atoms with Crippen molar-refractivity contribution in [2.75, 3.05) is 47.0 Å². The first-order valence-electron chi connectivity index (χ1n) is 10.9. The Labute approximate surface area is 193 Å². The van der Waals surface area contributed by atoms with Crippen LogP contribution < -0.4 is 4.18 Å². The van der Waals surface area contributed by atoms with Crippen molar-refractivity contribution in [1.82, 2.24) is 9.29 Å². The number of aryl methyl sites for hydroxylation is 1. The molecule has 0 spiro atoms. The van der Waals surface area contributed by atoms with Crippen molar-refractivity contribution in [3.05, 3.63) is 30.0 Å². The Bertz CT molecular complexity index is 1140. The largest absolute Gasteiger partial charge is 0.380 e. The predicted octanol–water partition coefficient (Wildman–Crippen LogP) is 3.16. The average molecular weight is 487 g/mol. The molecule has 2 rings (SSSR count). The van der Waals surface area contributed by atoms with Crippen LogP contribution in [0.3, 0.4) is 0 Å². The third kappa shape index (κ3) is 7.13. The Morgan fingerprint density at radius 2 is 1.69 bits per heavy atom. The van der Waals surface area contributed by atoms with E-state index in [4.69, 9.17) is 4.18 Å². The Morgan fingerprint density at radius 1 is 1.00 bits per heavy atom. The summed E-state index contributed by atoms with van der Waals surface area (Å²) in [5.74, 6) is -0.0408. The summed E-state index contributed by atoms with van der Waals surface area (Å²) in [4.78, 5) is 4.49. The minimum absolute atomic E-state index is 0.0483. The Morgan fingerprint density at radius 3 is 2.31 bits per heavy atom. The fourth-order valence-electron chi connectivity index (χ4n) is 3.17. The maximum Gasteiger partial charge on any atom is 0.309 e. The Hall–Kier alpha value is -1.75. The summed E-state index contributed by atoms with van der Waals surface area (Å²) >= 11 is 0. The second-order valence-corrected chi connectivity index (χ2v) is 12.9. The summed E-state index contributed by atoms with van der Waals surface area (Å²) in [6, 6.07) is 6.15. The molecule has 0 saturated carbocycles. The molecule has 0 aliphatic rings. The lowest BCUT2D eigenvalue weighted by atomic mass is 10.2. The number of unbranched alkanes of at least 4 members (excludes halogenated alkanes) is 3. The Balaban J connectivity index is 2.41. The SMILES string of the molecule is CCCCCCS(=O)(=O)Oc1ccc(S(=O)(=O)N(C)CC[N+](C)(C)C)c2ccc(C)nc12. The number of pyridine rings is 1. The monoisotopic (exact) mass is 486 g/mol. The number of rotatable bonds is 12. The van der Waals surface area contributed by atoms with Crippen LogP contribution in [0.15, 0.2) is 29.2 Å². The third-order valence-electron chi connectivity index (χ3n) is 5.16. The number of aromatic nitrogens is 1.